The molecule has 0 saturated carbocycles. The summed E-state index contributed by atoms with van der Waals surface area (Å²) in [4.78, 5) is 4.78. The molecule has 0 aliphatic carbocycles. The predicted molar refractivity (Wildman–Crippen MR) is 90.4 cm³/mol. The molecule has 1 aliphatic heterocycles. The molecule has 1 aliphatic rings. The number of benzene rings is 2. The number of thiophene rings is 1. The van der Waals surface area contributed by atoms with E-state index in [0.717, 1.165) is 11.5 Å². The number of aliphatic imine (C=N–C) groups is 1. The summed E-state index contributed by atoms with van der Waals surface area (Å²) in [6, 6.07) is 15.3. The third-order valence-electron chi connectivity index (χ3n) is 4.08. The Morgan fingerprint density at radius 1 is 1.10 bits per heavy atom. The van der Waals surface area contributed by atoms with Crippen LogP contribution in [0.25, 0.3) is 20.2 Å². The third kappa shape index (κ3) is 2.04. The maximum absolute atomic E-state index is 5.87. The third-order valence-corrected chi connectivity index (χ3v) is 5.30. The first kappa shape index (κ1) is 12.8. The molecule has 0 spiro atoms. The second kappa shape index (κ2) is 4.85. The average molecular weight is 295 g/mol. The van der Waals surface area contributed by atoms with Crippen molar-refractivity contribution in [3.8, 4) is 0 Å². The molecule has 0 radical (unpaired) electrons. The SMILES string of the molecule is CC(C)[C@@H]1COC(c2cccc3c2sc2ccccc23)=N1. The molecule has 21 heavy (non-hydrogen) atoms. The highest BCUT2D eigenvalue weighted by Crippen LogP contribution is 2.36. The smallest absolute Gasteiger partial charge is 0.218 e. The van der Waals surface area contributed by atoms with Crippen molar-refractivity contribution in [1.29, 1.82) is 0 Å². The molecule has 2 aromatic carbocycles. The van der Waals surface area contributed by atoms with E-state index in [0.29, 0.717) is 12.5 Å². The Labute approximate surface area is 128 Å². The molecule has 1 aromatic heterocycles. The normalized spacial score (nSPS) is 18.4. The Morgan fingerprint density at radius 3 is 2.71 bits per heavy atom. The van der Waals surface area contributed by atoms with Crippen LogP contribution in [-0.4, -0.2) is 18.5 Å². The molecule has 0 bridgehead atoms. The van der Waals surface area contributed by atoms with Crippen molar-refractivity contribution < 1.29 is 4.74 Å². The van der Waals surface area contributed by atoms with E-state index in [4.69, 9.17) is 9.73 Å². The van der Waals surface area contributed by atoms with E-state index in [1.807, 2.05) is 11.3 Å². The Kier molecular flexibility index (Phi) is 2.96. The van der Waals surface area contributed by atoms with E-state index in [1.165, 1.54) is 20.2 Å². The van der Waals surface area contributed by atoms with Gasteiger partial charge in [0, 0.05) is 20.2 Å². The van der Waals surface area contributed by atoms with E-state index in [9.17, 15) is 0 Å². The van der Waals surface area contributed by atoms with Crippen LogP contribution in [0, 0.1) is 5.92 Å². The molecule has 4 rings (SSSR count). The minimum Gasteiger partial charge on any atom is -0.475 e. The van der Waals surface area contributed by atoms with E-state index in [1.54, 1.807) is 0 Å². The van der Waals surface area contributed by atoms with Crippen molar-refractivity contribution in [3.05, 3.63) is 48.0 Å². The molecule has 0 unspecified atom stereocenters. The van der Waals surface area contributed by atoms with Gasteiger partial charge in [-0.2, -0.15) is 0 Å². The molecule has 0 N–H and O–H groups in total. The van der Waals surface area contributed by atoms with Crippen molar-refractivity contribution in [1.82, 2.24) is 0 Å². The minimum atomic E-state index is 0.282. The molecule has 1 atom stereocenters. The summed E-state index contributed by atoms with van der Waals surface area (Å²) < 4.78 is 8.47. The molecule has 2 heterocycles. The lowest BCUT2D eigenvalue weighted by atomic mass is 10.1. The molecule has 2 nitrogen and oxygen atoms in total. The van der Waals surface area contributed by atoms with E-state index < -0.39 is 0 Å². The maximum Gasteiger partial charge on any atom is 0.218 e. The molecule has 0 amide bonds. The number of hydrogen-bond donors (Lipinski definition) is 0. The monoisotopic (exact) mass is 295 g/mol. The van der Waals surface area contributed by atoms with Crippen LogP contribution >= 0.6 is 11.3 Å². The quantitative estimate of drug-likeness (QED) is 0.662. The summed E-state index contributed by atoms with van der Waals surface area (Å²) in [5, 5.41) is 2.62. The molecule has 3 heteroatoms. The number of hydrogen-bond acceptors (Lipinski definition) is 3. The largest absolute Gasteiger partial charge is 0.475 e. The Hall–Kier alpha value is -1.87. The van der Waals surface area contributed by atoms with Gasteiger partial charge in [-0.15, -0.1) is 11.3 Å². The zero-order valence-electron chi connectivity index (χ0n) is 12.2. The van der Waals surface area contributed by atoms with Gasteiger partial charge in [-0.3, -0.25) is 0 Å². The standard InChI is InChI=1S/C18H17NOS/c1-11(2)15-10-20-18(19-15)14-8-5-7-13-12-6-3-4-9-16(12)21-17(13)14/h3-9,11,15H,10H2,1-2H3/t15-/m0/s1. The van der Waals surface area contributed by atoms with Gasteiger partial charge in [0.25, 0.3) is 0 Å². The van der Waals surface area contributed by atoms with Crippen LogP contribution < -0.4 is 0 Å². The summed E-state index contributed by atoms with van der Waals surface area (Å²) >= 11 is 1.82. The first-order chi connectivity index (χ1) is 10.2. The van der Waals surface area contributed by atoms with Gasteiger partial charge < -0.3 is 4.74 Å². The highest BCUT2D eigenvalue weighted by atomic mass is 32.1. The summed E-state index contributed by atoms with van der Waals surface area (Å²) in [5.74, 6) is 1.33. The van der Waals surface area contributed by atoms with Crippen LogP contribution in [0.1, 0.15) is 19.4 Å². The Balaban J connectivity index is 1.92. The summed E-state index contributed by atoms with van der Waals surface area (Å²) in [5.41, 5.74) is 1.14. The van der Waals surface area contributed by atoms with Gasteiger partial charge in [-0.05, 0) is 18.1 Å². The van der Waals surface area contributed by atoms with Crippen molar-refractivity contribution in [2.24, 2.45) is 10.9 Å². The summed E-state index contributed by atoms with van der Waals surface area (Å²) in [6.45, 7) is 5.09. The molecule has 0 saturated heterocycles. The van der Waals surface area contributed by atoms with Crippen LogP contribution in [-0.2, 0) is 4.74 Å². The number of nitrogens with zero attached hydrogens (tertiary/aromatic N) is 1. The van der Waals surface area contributed by atoms with Crippen LogP contribution in [0.3, 0.4) is 0 Å². The zero-order valence-corrected chi connectivity index (χ0v) is 13.0. The average Bonchev–Trinajstić information content (AvgIpc) is 3.11. The van der Waals surface area contributed by atoms with Crippen molar-refractivity contribution in [2.75, 3.05) is 6.61 Å². The lowest BCUT2D eigenvalue weighted by Crippen LogP contribution is -2.13. The first-order valence-electron chi connectivity index (χ1n) is 7.35. The number of rotatable bonds is 2. The fraction of sp³-hybridized carbons (Fsp3) is 0.278. The van der Waals surface area contributed by atoms with Gasteiger partial charge in [0.05, 0.1) is 11.6 Å². The molecular weight excluding hydrogens is 278 g/mol. The molecule has 106 valence electrons. The van der Waals surface area contributed by atoms with Crippen LogP contribution in [0.2, 0.25) is 0 Å². The van der Waals surface area contributed by atoms with Gasteiger partial charge in [0.1, 0.15) is 6.61 Å². The maximum atomic E-state index is 5.87. The second-order valence-electron chi connectivity index (χ2n) is 5.84. The van der Waals surface area contributed by atoms with Crippen LogP contribution in [0.15, 0.2) is 47.5 Å². The molecule has 0 fully saturated rings. The second-order valence-corrected chi connectivity index (χ2v) is 6.89. The van der Waals surface area contributed by atoms with Crippen molar-refractivity contribution in [3.63, 3.8) is 0 Å². The number of fused-ring (bicyclic) bond motifs is 3. The Morgan fingerprint density at radius 2 is 1.90 bits per heavy atom. The topological polar surface area (TPSA) is 21.6 Å². The first-order valence-corrected chi connectivity index (χ1v) is 8.17. The lowest BCUT2D eigenvalue weighted by Gasteiger charge is -2.06. The van der Waals surface area contributed by atoms with Gasteiger partial charge in [0.15, 0.2) is 0 Å². The fourth-order valence-electron chi connectivity index (χ4n) is 2.79. The zero-order chi connectivity index (χ0) is 14.4. The number of ether oxygens (including phenoxy) is 1. The van der Waals surface area contributed by atoms with Crippen LogP contribution in [0.4, 0.5) is 0 Å². The lowest BCUT2D eigenvalue weighted by molar-refractivity contribution is 0.292. The highest BCUT2D eigenvalue weighted by molar-refractivity contribution is 7.26. The van der Waals surface area contributed by atoms with Gasteiger partial charge in [-0.25, -0.2) is 4.99 Å². The van der Waals surface area contributed by atoms with Crippen LogP contribution in [0.5, 0.6) is 0 Å². The van der Waals surface area contributed by atoms with Gasteiger partial charge >= 0.3 is 0 Å². The minimum absolute atomic E-state index is 0.282. The van der Waals surface area contributed by atoms with E-state index >= 15 is 0 Å². The fourth-order valence-corrected chi connectivity index (χ4v) is 4.00. The summed E-state index contributed by atoms with van der Waals surface area (Å²) in [7, 11) is 0. The Bertz CT molecular complexity index is 847. The van der Waals surface area contributed by atoms with Crippen molar-refractivity contribution >= 4 is 37.4 Å². The van der Waals surface area contributed by atoms with Gasteiger partial charge in [0.2, 0.25) is 5.90 Å². The van der Waals surface area contributed by atoms with Gasteiger partial charge in [-0.1, -0.05) is 44.2 Å². The predicted octanol–water partition coefficient (Wildman–Crippen LogP) is 4.86. The van der Waals surface area contributed by atoms with E-state index in [-0.39, 0.29) is 6.04 Å². The van der Waals surface area contributed by atoms with E-state index in [2.05, 4.69) is 56.3 Å². The molecular formula is C18H17NOS. The summed E-state index contributed by atoms with van der Waals surface area (Å²) in [6.07, 6.45) is 0. The highest BCUT2D eigenvalue weighted by Gasteiger charge is 2.24. The van der Waals surface area contributed by atoms with Crippen molar-refractivity contribution in [2.45, 2.75) is 19.9 Å². The molecule has 3 aromatic rings.